The summed E-state index contributed by atoms with van der Waals surface area (Å²) in [5.41, 5.74) is 2.51. The number of esters is 1. The van der Waals surface area contributed by atoms with E-state index in [0.717, 1.165) is 11.0 Å². The van der Waals surface area contributed by atoms with Crippen LogP contribution >= 0.6 is 0 Å². The Morgan fingerprint density at radius 3 is 3.00 bits per heavy atom. The fraction of sp³-hybridized carbons (Fsp3) is 0.154. The predicted molar refractivity (Wildman–Crippen MR) is 67.2 cm³/mol. The summed E-state index contributed by atoms with van der Waals surface area (Å²) in [6.07, 6.45) is 0. The van der Waals surface area contributed by atoms with E-state index in [9.17, 15) is 4.79 Å². The Kier molecular flexibility index (Phi) is 2.26. The molecule has 0 fully saturated rings. The summed E-state index contributed by atoms with van der Waals surface area (Å²) in [6, 6.07) is 7.60. The van der Waals surface area contributed by atoms with Crippen molar-refractivity contribution in [2.75, 3.05) is 6.61 Å². The number of rotatable bonds is 2. The van der Waals surface area contributed by atoms with Crippen LogP contribution in [0.5, 0.6) is 0 Å². The second-order valence-electron chi connectivity index (χ2n) is 3.88. The molecule has 0 bridgehead atoms. The van der Waals surface area contributed by atoms with E-state index < -0.39 is 5.97 Å². The lowest BCUT2D eigenvalue weighted by Crippen LogP contribution is -2.15. The lowest BCUT2D eigenvalue weighted by Gasteiger charge is -1.96. The maximum Gasteiger partial charge on any atom is 0.359 e. The third kappa shape index (κ3) is 1.37. The number of hydrogen-bond donors (Lipinski definition) is 0. The molecule has 0 aliphatic carbocycles. The molecule has 2 heterocycles. The average molecular weight is 241 g/mol. The van der Waals surface area contributed by atoms with Crippen molar-refractivity contribution in [1.82, 2.24) is 14.6 Å². The SMILES string of the molecule is C=c1c(C(=O)OCC)nn2c1nc1ccccc12. The van der Waals surface area contributed by atoms with Crippen LogP contribution in [0.1, 0.15) is 17.4 Å². The van der Waals surface area contributed by atoms with Gasteiger partial charge in [0.15, 0.2) is 11.3 Å². The molecule has 0 atom stereocenters. The molecule has 0 aliphatic heterocycles. The Morgan fingerprint density at radius 2 is 2.22 bits per heavy atom. The Labute approximate surface area is 103 Å². The highest BCUT2D eigenvalue weighted by molar-refractivity contribution is 5.90. The van der Waals surface area contributed by atoms with E-state index in [1.807, 2.05) is 24.3 Å². The molecule has 2 aromatic heterocycles. The molecule has 90 valence electrons. The van der Waals surface area contributed by atoms with E-state index in [1.54, 1.807) is 11.4 Å². The lowest BCUT2D eigenvalue weighted by atomic mass is 10.3. The van der Waals surface area contributed by atoms with Gasteiger partial charge in [0.2, 0.25) is 0 Å². The minimum Gasteiger partial charge on any atom is -0.461 e. The summed E-state index contributed by atoms with van der Waals surface area (Å²) in [7, 11) is 0. The summed E-state index contributed by atoms with van der Waals surface area (Å²) < 4.78 is 6.57. The minimum atomic E-state index is -0.461. The first kappa shape index (κ1) is 10.7. The van der Waals surface area contributed by atoms with Crippen LogP contribution in [0.25, 0.3) is 23.3 Å². The predicted octanol–water partition coefficient (Wildman–Crippen LogP) is 1.19. The molecule has 18 heavy (non-hydrogen) atoms. The standard InChI is InChI=1S/C13H11N3O2/c1-3-18-13(17)11-8(2)12-14-9-6-4-5-7-10(9)16(12)15-11/h4-7H,2-3H2,1H3. The van der Waals surface area contributed by atoms with Gasteiger partial charge in [0.25, 0.3) is 0 Å². The van der Waals surface area contributed by atoms with Gasteiger partial charge in [0.1, 0.15) is 0 Å². The average Bonchev–Trinajstić information content (AvgIpc) is 2.88. The Balaban J connectivity index is 2.29. The second kappa shape index (κ2) is 3.80. The molecule has 0 radical (unpaired) electrons. The van der Waals surface area contributed by atoms with Crippen molar-refractivity contribution in [3.05, 3.63) is 35.2 Å². The van der Waals surface area contributed by atoms with Crippen LogP contribution < -0.4 is 5.22 Å². The minimum absolute atomic E-state index is 0.227. The second-order valence-corrected chi connectivity index (χ2v) is 3.88. The van der Waals surface area contributed by atoms with Crippen molar-refractivity contribution >= 4 is 29.2 Å². The zero-order valence-electron chi connectivity index (χ0n) is 9.88. The zero-order valence-corrected chi connectivity index (χ0v) is 9.88. The maximum absolute atomic E-state index is 11.7. The first-order chi connectivity index (χ1) is 8.72. The van der Waals surface area contributed by atoms with E-state index in [4.69, 9.17) is 4.74 Å². The van der Waals surface area contributed by atoms with E-state index >= 15 is 0 Å². The van der Waals surface area contributed by atoms with Gasteiger partial charge in [-0.15, -0.1) is 0 Å². The van der Waals surface area contributed by atoms with Crippen LogP contribution in [0, 0.1) is 0 Å². The third-order valence-electron chi connectivity index (χ3n) is 2.76. The third-order valence-corrected chi connectivity index (χ3v) is 2.76. The molecule has 0 saturated carbocycles. The lowest BCUT2D eigenvalue weighted by molar-refractivity contribution is 0.0518. The number of carbonyl (C=O) groups excluding carboxylic acids is 1. The summed E-state index contributed by atoms with van der Waals surface area (Å²) in [6.45, 7) is 5.93. The number of nitrogens with zero attached hydrogens (tertiary/aromatic N) is 3. The van der Waals surface area contributed by atoms with Gasteiger partial charge in [0.05, 0.1) is 17.6 Å². The van der Waals surface area contributed by atoms with Gasteiger partial charge >= 0.3 is 5.97 Å². The van der Waals surface area contributed by atoms with E-state index in [1.165, 1.54) is 0 Å². The number of para-hydroxylation sites is 2. The highest BCUT2D eigenvalue weighted by Gasteiger charge is 2.17. The normalized spacial score (nSPS) is 11.2. The molecule has 0 spiro atoms. The fourth-order valence-electron chi connectivity index (χ4n) is 1.94. The van der Waals surface area contributed by atoms with Crippen LogP contribution in [0.3, 0.4) is 0 Å². The Bertz CT molecular complexity index is 791. The summed E-state index contributed by atoms with van der Waals surface area (Å²) >= 11 is 0. The quantitative estimate of drug-likeness (QED) is 0.632. The number of carbonyl (C=O) groups is 1. The number of fused-ring (bicyclic) bond motifs is 3. The fourth-order valence-corrected chi connectivity index (χ4v) is 1.94. The molecule has 1 aromatic carbocycles. The molecule has 0 N–H and O–H groups in total. The first-order valence-electron chi connectivity index (χ1n) is 5.65. The van der Waals surface area contributed by atoms with Gasteiger partial charge in [-0.1, -0.05) is 18.7 Å². The Morgan fingerprint density at radius 1 is 1.44 bits per heavy atom. The summed E-state index contributed by atoms with van der Waals surface area (Å²) in [4.78, 5) is 16.1. The van der Waals surface area contributed by atoms with Crippen molar-refractivity contribution < 1.29 is 9.53 Å². The molecule has 3 rings (SSSR count). The van der Waals surface area contributed by atoms with Crippen molar-refractivity contribution in [3.8, 4) is 0 Å². The number of aromatic nitrogens is 3. The largest absolute Gasteiger partial charge is 0.461 e. The van der Waals surface area contributed by atoms with Crippen molar-refractivity contribution in [3.63, 3.8) is 0 Å². The van der Waals surface area contributed by atoms with Crippen LogP contribution in [-0.4, -0.2) is 27.2 Å². The molecule has 0 unspecified atom stereocenters. The summed E-state index contributed by atoms with van der Waals surface area (Å²) in [5, 5.41) is 4.74. The van der Waals surface area contributed by atoms with E-state index in [2.05, 4.69) is 16.7 Å². The van der Waals surface area contributed by atoms with E-state index in [0.29, 0.717) is 17.5 Å². The molecule has 0 saturated heterocycles. The topological polar surface area (TPSA) is 56.5 Å². The van der Waals surface area contributed by atoms with Gasteiger partial charge in [-0.05, 0) is 19.1 Å². The van der Waals surface area contributed by atoms with Crippen molar-refractivity contribution in [1.29, 1.82) is 0 Å². The highest BCUT2D eigenvalue weighted by Crippen LogP contribution is 2.13. The van der Waals surface area contributed by atoms with Crippen LogP contribution in [0.2, 0.25) is 0 Å². The smallest absolute Gasteiger partial charge is 0.359 e. The maximum atomic E-state index is 11.7. The molecule has 5 nitrogen and oxygen atoms in total. The molecular formula is C13H11N3O2. The van der Waals surface area contributed by atoms with E-state index in [-0.39, 0.29) is 5.69 Å². The first-order valence-corrected chi connectivity index (χ1v) is 5.65. The Hall–Kier alpha value is -2.43. The van der Waals surface area contributed by atoms with Gasteiger partial charge in [-0.3, -0.25) is 0 Å². The van der Waals surface area contributed by atoms with Gasteiger partial charge < -0.3 is 4.74 Å². The summed E-state index contributed by atoms with van der Waals surface area (Å²) in [5.74, 6) is -0.461. The number of hydrogen-bond acceptors (Lipinski definition) is 4. The van der Waals surface area contributed by atoms with Gasteiger partial charge in [0, 0.05) is 5.22 Å². The monoisotopic (exact) mass is 241 g/mol. The molecular weight excluding hydrogens is 230 g/mol. The number of imidazole rings is 1. The van der Waals surface area contributed by atoms with Gasteiger partial charge in [-0.25, -0.2) is 14.3 Å². The molecule has 3 aromatic rings. The van der Waals surface area contributed by atoms with Crippen molar-refractivity contribution in [2.24, 2.45) is 0 Å². The van der Waals surface area contributed by atoms with Crippen LogP contribution in [0.15, 0.2) is 24.3 Å². The molecule has 0 amide bonds. The number of benzene rings is 1. The van der Waals surface area contributed by atoms with Gasteiger partial charge in [-0.2, -0.15) is 5.10 Å². The van der Waals surface area contributed by atoms with Crippen LogP contribution in [-0.2, 0) is 4.74 Å². The highest BCUT2D eigenvalue weighted by atomic mass is 16.5. The molecule has 5 heteroatoms. The number of ether oxygens (including phenoxy) is 1. The van der Waals surface area contributed by atoms with Crippen molar-refractivity contribution in [2.45, 2.75) is 6.92 Å². The zero-order chi connectivity index (χ0) is 12.7. The van der Waals surface area contributed by atoms with Crippen LogP contribution in [0.4, 0.5) is 0 Å². The molecule has 0 aliphatic rings.